The quantitative estimate of drug-likeness (QED) is 0.528. The first-order valence-corrected chi connectivity index (χ1v) is 12.9. The van der Waals surface area contributed by atoms with Crippen LogP contribution in [0.5, 0.6) is 0 Å². The van der Waals surface area contributed by atoms with Crippen molar-refractivity contribution >= 4 is 27.2 Å². The molecule has 0 radical (unpaired) electrons. The van der Waals surface area contributed by atoms with E-state index in [1.807, 2.05) is 32.6 Å². The number of halogens is 3. The van der Waals surface area contributed by atoms with Gasteiger partial charge in [-0.3, -0.25) is 0 Å². The molecule has 1 saturated carbocycles. The van der Waals surface area contributed by atoms with Crippen molar-refractivity contribution in [3.63, 3.8) is 0 Å². The largest absolute Gasteiger partial charge is 0.416 e. The fraction of sp³-hybridized carbons (Fsp3) is 0.545. The zero-order chi connectivity index (χ0) is 24.6. The van der Waals surface area contributed by atoms with Crippen molar-refractivity contribution in [1.29, 1.82) is 0 Å². The van der Waals surface area contributed by atoms with E-state index in [0.717, 1.165) is 25.0 Å². The number of hydrogen-bond donors (Lipinski definition) is 1. The van der Waals surface area contributed by atoms with Gasteiger partial charge in [-0.25, -0.2) is 13.4 Å². The summed E-state index contributed by atoms with van der Waals surface area (Å²) >= 11 is 5.54. The van der Waals surface area contributed by atoms with E-state index < -0.39 is 27.3 Å². The van der Waals surface area contributed by atoms with Gasteiger partial charge in [0.2, 0.25) is 15.0 Å². The van der Waals surface area contributed by atoms with Crippen molar-refractivity contribution in [2.24, 2.45) is 0 Å². The summed E-state index contributed by atoms with van der Waals surface area (Å²) in [6.07, 6.45) is -1.36. The van der Waals surface area contributed by atoms with Crippen LogP contribution < -0.4 is 5.32 Å². The van der Waals surface area contributed by atoms with Gasteiger partial charge in [-0.05, 0) is 64.4 Å². The fourth-order valence-electron chi connectivity index (χ4n) is 3.56. The molecule has 0 atom stereocenters. The first-order valence-electron chi connectivity index (χ1n) is 10.8. The molecule has 2 aromatic rings. The van der Waals surface area contributed by atoms with E-state index in [-0.39, 0.29) is 28.8 Å². The van der Waals surface area contributed by atoms with E-state index in [2.05, 4.69) is 10.3 Å². The van der Waals surface area contributed by atoms with Crippen LogP contribution in [0.15, 0.2) is 35.6 Å². The van der Waals surface area contributed by atoms with Gasteiger partial charge in [0, 0.05) is 18.1 Å². The average Bonchev–Trinajstić information content (AvgIpc) is 3.43. The lowest BCUT2D eigenvalue weighted by molar-refractivity contribution is -0.137. The first kappa shape index (κ1) is 25.5. The maximum Gasteiger partial charge on any atom is 0.416 e. The van der Waals surface area contributed by atoms with Gasteiger partial charge in [-0.2, -0.15) is 13.2 Å². The molecule has 1 aliphatic carbocycles. The smallest absolute Gasteiger partial charge is 0.360 e. The summed E-state index contributed by atoms with van der Waals surface area (Å²) in [7, 11) is -3.97. The van der Waals surface area contributed by atoms with Crippen molar-refractivity contribution in [2.45, 2.75) is 82.3 Å². The van der Waals surface area contributed by atoms with Gasteiger partial charge in [0.1, 0.15) is 0 Å². The number of hydrogen-bond acceptors (Lipinski definition) is 4. The molecule has 1 N–H and O–H groups in total. The zero-order valence-electron chi connectivity index (χ0n) is 19.1. The van der Waals surface area contributed by atoms with E-state index >= 15 is 0 Å². The maximum atomic E-state index is 13.2. The summed E-state index contributed by atoms with van der Waals surface area (Å²) in [6, 6.07) is 4.62. The number of nitrogens with one attached hydrogen (secondary N) is 1. The van der Waals surface area contributed by atoms with E-state index in [9.17, 15) is 21.6 Å². The Morgan fingerprint density at radius 2 is 1.94 bits per heavy atom. The highest BCUT2D eigenvalue weighted by Crippen LogP contribution is 2.39. The molecule has 1 aromatic heterocycles. The van der Waals surface area contributed by atoms with Crippen molar-refractivity contribution in [3.05, 3.63) is 47.3 Å². The lowest BCUT2D eigenvalue weighted by Gasteiger charge is -2.31. The third kappa shape index (κ3) is 6.26. The summed E-state index contributed by atoms with van der Waals surface area (Å²) in [4.78, 5) is 6.18. The second-order valence-corrected chi connectivity index (χ2v) is 11.2. The number of alkyl halides is 3. The Labute approximate surface area is 198 Å². The summed E-state index contributed by atoms with van der Waals surface area (Å²) in [5.74, 6) is -0.554. The van der Waals surface area contributed by atoms with E-state index in [1.165, 1.54) is 18.3 Å². The number of aromatic nitrogens is 2. The lowest BCUT2D eigenvalue weighted by atomic mass is 10.1. The van der Waals surface area contributed by atoms with Crippen LogP contribution in [0.3, 0.4) is 0 Å². The molecule has 0 spiro atoms. The third-order valence-corrected chi connectivity index (χ3v) is 7.19. The molecule has 182 valence electrons. The van der Waals surface area contributed by atoms with Crippen molar-refractivity contribution in [1.82, 2.24) is 19.8 Å². The highest BCUT2D eigenvalue weighted by atomic mass is 32.2. The molecule has 1 fully saturated rings. The minimum Gasteiger partial charge on any atom is -0.360 e. The van der Waals surface area contributed by atoms with E-state index in [1.54, 1.807) is 4.57 Å². The minimum absolute atomic E-state index is 0.00873. The average molecular weight is 503 g/mol. The molecular weight excluding hydrogens is 473 g/mol. The normalized spacial score (nSPS) is 14.7. The Bertz CT molecular complexity index is 1110. The molecule has 0 saturated heterocycles. The van der Waals surface area contributed by atoms with Crippen LogP contribution in [0.25, 0.3) is 0 Å². The fourth-order valence-corrected chi connectivity index (χ4v) is 5.60. The van der Waals surface area contributed by atoms with Gasteiger partial charge in [-0.1, -0.05) is 18.2 Å². The van der Waals surface area contributed by atoms with E-state index in [0.29, 0.717) is 17.4 Å². The molecular formula is C22H29F3N4O2S2. The van der Waals surface area contributed by atoms with Crippen LogP contribution in [0.4, 0.5) is 13.2 Å². The predicted octanol–water partition coefficient (Wildman–Crippen LogP) is 4.70. The van der Waals surface area contributed by atoms with Crippen LogP contribution >= 0.6 is 12.2 Å². The highest BCUT2D eigenvalue weighted by molar-refractivity contribution is 7.90. The zero-order valence-corrected chi connectivity index (χ0v) is 20.7. The Morgan fingerprint density at radius 3 is 2.48 bits per heavy atom. The molecule has 1 aliphatic rings. The monoisotopic (exact) mass is 502 g/mol. The van der Waals surface area contributed by atoms with Crippen molar-refractivity contribution in [2.75, 3.05) is 0 Å². The molecule has 1 aromatic carbocycles. The Kier molecular flexibility index (Phi) is 7.42. The molecule has 0 amide bonds. The van der Waals surface area contributed by atoms with Crippen LogP contribution in [-0.4, -0.2) is 40.1 Å². The predicted molar refractivity (Wildman–Crippen MR) is 124 cm³/mol. The van der Waals surface area contributed by atoms with Gasteiger partial charge in [-0.15, -0.1) is 0 Å². The molecule has 33 heavy (non-hydrogen) atoms. The van der Waals surface area contributed by atoms with Crippen LogP contribution in [0.1, 0.15) is 63.4 Å². The van der Waals surface area contributed by atoms with Gasteiger partial charge in [0.25, 0.3) is 0 Å². The number of nitrogens with zero attached hydrogens (tertiary/aromatic N) is 3. The number of rotatable bonds is 8. The highest BCUT2D eigenvalue weighted by Gasteiger charge is 2.35. The number of imidazole rings is 1. The van der Waals surface area contributed by atoms with Gasteiger partial charge in [0.05, 0.1) is 29.8 Å². The molecule has 0 aliphatic heterocycles. The van der Waals surface area contributed by atoms with Crippen molar-refractivity contribution < 1.29 is 21.6 Å². The molecule has 0 unspecified atom stereocenters. The second kappa shape index (κ2) is 9.61. The van der Waals surface area contributed by atoms with Crippen LogP contribution in [0.2, 0.25) is 0 Å². The topological polar surface area (TPSA) is 67.2 Å². The Morgan fingerprint density at radius 1 is 1.27 bits per heavy atom. The third-order valence-electron chi connectivity index (χ3n) is 5.27. The number of benzene rings is 1. The summed E-state index contributed by atoms with van der Waals surface area (Å²) in [5, 5.41) is 3.67. The molecule has 1 heterocycles. The lowest BCUT2D eigenvalue weighted by Crippen LogP contribution is -2.45. The summed E-state index contributed by atoms with van der Waals surface area (Å²) < 4.78 is 67.3. The Hall–Kier alpha value is -2.14. The molecule has 6 nitrogen and oxygen atoms in total. The van der Waals surface area contributed by atoms with Gasteiger partial charge < -0.3 is 14.8 Å². The molecule has 0 bridgehead atoms. The first-order chi connectivity index (χ1) is 15.3. The summed E-state index contributed by atoms with van der Waals surface area (Å²) in [6.45, 7) is 8.34. The molecule has 11 heteroatoms. The minimum atomic E-state index is -4.54. The number of sulfone groups is 1. The Balaban J connectivity index is 1.91. The summed E-state index contributed by atoms with van der Waals surface area (Å²) in [5.41, 5.74) is -0.0928. The SMILES string of the molecule is CC(C)NC(=S)N(Cc1cnc(S(=O)(=O)Cc2cccc(C(F)(F)F)c2)n1C1CC1)C(C)C. The standard InChI is InChI=1S/C22H29F3N4O2S2/c1-14(2)27-20(32)28(15(3)4)12-19-11-26-21(29(19)18-8-9-18)33(30,31)13-16-6-5-7-17(10-16)22(23,24)25/h5-7,10-11,14-15,18H,8-9,12-13H2,1-4H3,(H,27,32). The number of thiocarbonyl (C=S) groups is 1. The van der Waals surface area contributed by atoms with Gasteiger partial charge >= 0.3 is 6.18 Å². The van der Waals surface area contributed by atoms with E-state index in [4.69, 9.17) is 12.2 Å². The van der Waals surface area contributed by atoms with Crippen LogP contribution in [0, 0.1) is 0 Å². The van der Waals surface area contributed by atoms with Crippen LogP contribution in [-0.2, 0) is 28.3 Å². The second-order valence-electron chi connectivity index (χ2n) is 8.92. The van der Waals surface area contributed by atoms with Gasteiger partial charge in [0.15, 0.2) is 5.11 Å². The maximum absolute atomic E-state index is 13.2. The van der Waals surface area contributed by atoms with Crippen molar-refractivity contribution in [3.8, 4) is 0 Å². The molecule has 3 rings (SSSR count).